The van der Waals surface area contributed by atoms with Crippen LogP contribution in [0.5, 0.6) is 0 Å². The normalized spacial score (nSPS) is 17.8. The van der Waals surface area contributed by atoms with E-state index in [9.17, 15) is 14.3 Å². The van der Waals surface area contributed by atoms with Crippen LogP contribution in [0.1, 0.15) is 24.2 Å². The van der Waals surface area contributed by atoms with E-state index in [0.717, 1.165) is 17.8 Å². The van der Waals surface area contributed by atoms with Crippen LogP contribution in [-0.4, -0.2) is 45.0 Å². The summed E-state index contributed by atoms with van der Waals surface area (Å²) in [5, 5.41) is 16.6. The third-order valence-electron chi connectivity index (χ3n) is 4.12. The molecule has 2 N–H and O–H groups in total. The highest BCUT2D eigenvalue weighted by Crippen LogP contribution is 2.20. The minimum Gasteiger partial charge on any atom is -0.391 e. The first kappa shape index (κ1) is 16.4. The number of amides is 2. The summed E-state index contributed by atoms with van der Waals surface area (Å²) >= 11 is 0. The van der Waals surface area contributed by atoms with Crippen LogP contribution in [0.2, 0.25) is 0 Å². The van der Waals surface area contributed by atoms with E-state index in [0.29, 0.717) is 30.9 Å². The lowest BCUT2D eigenvalue weighted by Crippen LogP contribution is -2.44. The fourth-order valence-corrected chi connectivity index (χ4v) is 2.97. The van der Waals surface area contributed by atoms with Crippen molar-refractivity contribution < 1.29 is 14.3 Å². The quantitative estimate of drug-likeness (QED) is 0.888. The molecule has 1 atom stereocenters. The van der Waals surface area contributed by atoms with Crippen molar-refractivity contribution in [1.29, 1.82) is 0 Å². The van der Waals surface area contributed by atoms with E-state index < -0.39 is 11.9 Å². The Labute approximate surface area is 139 Å². The molecule has 1 aliphatic heterocycles. The van der Waals surface area contributed by atoms with E-state index in [2.05, 4.69) is 10.4 Å². The van der Waals surface area contributed by atoms with Crippen LogP contribution in [0, 0.1) is 19.7 Å². The zero-order valence-electron chi connectivity index (χ0n) is 13.8. The molecule has 3 rings (SSSR count). The predicted molar refractivity (Wildman–Crippen MR) is 88.8 cm³/mol. The van der Waals surface area contributed by atoms with E-state index >= 15 is 0 Å². The number of likely N-dealkylation sites (tertiary alicyclic amines) is 1. The Morgan fingerprint density at radius 1 is 1.38 bits per heavy atom. The maximum atomic E-state index is 14.4. The number of aryl methyl sites for hydroxylation is 2. The number of piperidine rings is 1. The molecular weight excluding hydrogens is 311 g/mol. The van der Waals surface area contributed by atoms with Gasteiger partial charge in [0.25, 0.3) is 0 Å². The number of benzene rings is 1. The van der Waals surface area contributed by atoms with Crippen molar-refractivity contribution in [3.63, 3.8) is 0 Å². The molecule has 0 unspecified atom stereocenters. The number of β-amino-alcohol motifs (C(OH)–C–C–N with tert-alkyl or cyclic N) is 1. The van der Waals surface area contributed by atoms with Gasteiger partial charge < -0.3 is 15.3 Å². The van der Waals surface area contributed by atoms with Crippen LogP contribution in [-0.2, 0) is 0 Å². The highest BCUT2D eigenvalue weighted by atomic mass is 19.1. The molecule has 24 heavy (non-hydrogen) atoms. The Balaban J connectivity index is 1.75. The van der Waals surface area contributed by atoms with Gasteiger partial charge in [0.2, 0.25) is 0 Å². The van der Waals surface area contributed by atoms with Crippen molar-refractivity contribution >= 4 is 11.7 Å². The van der Waals surface area contributed by atoms with Gasteiger partial charge in [0.1, 0.15) is 5.69 Å². The van der Waals surface area contributed by atoms with Gasteiger partial charge >= 0.3 is 6.03 Å². The number of urea groups is 1. The number of aromatic nitrogens is 2. The van der Waals surface area contributed by atoms with Crippen molar-refractivity contribution in [2.24, 2.45) is 0 Å². The van der Waals surface area contributed by atoms with Gasteiger partial charge in [-0.1, -0.05) is 0 Å². The fraction of sp³-hybridized carbons (Fsp3) is 0.412. The molecule has 0 aliphatic carbocycles. The molecule has 7 heteroatoms. The molecule has 1 aromatic carbocycles. The molecule has 1 aliphatic rings. The number of anilines is 1. The fourth-order valence-electron chi connectivity index (χ4n) is 2.97. The minimum absolute atomic E-state index is 0.304. The number of nitrogens with zero attached hydrogens (tertiary/aromatic N) is 3. The highest BCUT2D eigenvalue weighted by molar-refractivity contribution is 5.89. The van der Waals surface area contributed by atoms with Crippen molar-refractivity contribution in [1.82, 2.24) is 14.7 Å². The number of hydrogen-bond acceptors (Lipinski definition) is 3. The third kappa shape index (κ3) is 3.41. The Kier molecular flexibility index (Phi) is 4.53. The number of hydrogen-bond donors (Lipinski definition) is 2. The first-order valence-electron chi connectivity index (χ1n) is 8.01. The average molecular weight is 332 g/mol. The van der Waals surface area contributed by atoms with Crippen LogP contribution in [0.25, 0.3) is 5.69 Å². The zero-order valence-corrected chi connectivity index (χ0v) is 13.8. The number of halogens is 1. The maximum Gasteiger partial charge on any atom is 0.321 e. The summed E-state index contributed by atoms with van der Waals surface area (Å²) < 4.78 is 16.0. The van der Waals surface area contributed by atoms with E-state index in [1.807, 2.05) is 19.9 Å². The van der Waals surface area contributed by atoms with Gasteiger partial charge in [-0.05, 0) is 51.0 Å². The lowest BCUT2D eigenvalue weighted by Gasteiger charge is -2.30. The van der Waals surface area contributed by atoms with E-state index in [1.165, 1.54) is 10.7 Å². The molecule has 6 nitrogen and oxygen atoms in total. The van der Waals surface area contributed by atoms with Crippen LogP contribution in [0.4, 0.5) is 14.9 Å². The summed E-state index contributed by atoms with van der Waals surface area (Å²) in [5.41, 5.74) is 2.37. The van der Waals surface area contributed by atoms with Crippen LogP contribution in [0.3, 0.4) is 0 Å². The van der Waals surface area contributed by atoms with Crippen LogP contribution in [0.15, 0.2) is 24.3 Å². The second-order valence-corrected chi connectivity index (χ2v) is 6.18. The van der Waals surface area contributed by atoms with Gasteiger partial charge in [0.05, 0.1) is 11.8 Å². The summed E-state index contributed by atoms with van der Waals surface area (Å²) in [5.74, 6) is -0.460. The topological polar surface area (TPSA) is 70.4 Å². The number of aliphatic hydroxyl groups is 1. The molecule has 0 radical (unpaired) electrons. The van der Waals surface area contributed by atoms with Gasteiger partial charge in [0.15, 0.2) is 5.82 Å². The molecule has 2 heterocycles. The lowest BCUT2D eigenvalue weighted by atomic mass is 10.1. The summed E-state index contributed by atoms with van der Waals surface area (Å²) in [7, 11) is 0. The Hall–Kier alpha value is -2.41. The Bertz CT molecular complexity index is 759. The largest absolute Gasteiger partial charge is 0.391 e. The molecule has 0 bridgehead atoms. The number of nitrogens with one attached hydrogen (secondary N) is 1. The van der Waals surface area contributed by atoms with Gasteiger partial charge in [0, 0.05) is 24.5 Å². The molecule has 1 saturated heterocycles. The van der Waals surface area contributed by atoms with Crippen LogP contribution >= 0.6 is 0 Å². The monoisotopic (exact) mass is 332 g/mol. The molecule has 0 saturated carbocycles. The van der Waals surface area contributed by atoms with Crippen molar-refractivity contribution in [3.8, 4) is 5.69 Å². The molecular formula is C17H21FN4O2. The van der Waals surface area contributed by atoms with Crippen LogP contribution < -0.4 is 5.32 Å². The molecule has 2 amide bonds. The third-order valence-corrected chi connectivity index (χ3v) is 4.12. The van der Waals surface area contributed by atoms with Gasteiger partial charge in [-0.15, -0.1) is 0 Å². The molecule has 128 valence electrons. The molecule has 1 fully saturated rings. The smallest absolute Gasteiger partial charge is 0.321 e. The van der Waals surface area contributed by atoms with Crippen molar-refractivity contribution in [2.75, 3.05) is 18.4 Å². The lowest BCUT2D eigenvalue weighted by molar-refractivity contribution is 0.0883. The Morgan fingerprint density at radius 2 is 2.17 bits per heavy atom. The van der Waals surface area contributed by atoms with Crippen molar-refractivity contribution in [2.45, 2.75) is 32.8 Å². The summed E-state index contributed by atoms with van der Waals surface area (Å²) in [4.78, 5) is 13.7. The summed E-state index contributed by atoms with van der Waals surface area (Å²) in [6.07, 6.45) is 0.977. The number of aliphatic hydroxyl groups excluding tert-OH is 1. The first-order chi connectivity index (χ1) is 11.4. The standard InChI is InChI=1S/C17H21FN4O2/c1-11-8-12(2)22(20-11)16-6-5-13(9-15(16)18)19-17(24)21-7-3-4-14(23)10-21/h5-6,8-9,14,23H,3-4,7,10H2,1-2H3,(H,19,24)/t14-/m1/s1. The van der Waals surface area contributed by atoms with E-state index in [-0.39, 0.29) is 6.03 Å². The summed E-state index contributed by atoms with van der Waals surface area (Å²) in [6, 6.07) is 6.07. The van der Waals surface area contributed by atoms with Gasteiger partial charge in [-0.3, -0.25) is 0 Å². The SMILES string of the molecule is Cc1cc(C)n(-c2ccc(NC(=O)N3CCC[C@@H](O)C3)cc2F)n1. The van der Waals surface area contributed by atoms with Crippen molar-refractivity contribution in [3.05, 3.63) is 41.5 Å². The zero-order chi connectivity index (χ0) is 17.3. The second-order valence-electron chi connectivity index (χ2n) is 6.18. The average Bonchev–Trinajstić information content (AvgIpc) is 2.86. The Morgan fingerprint density at radius 3 is 2.79 bits per heavy atom. The van der Waals surface area contributed by atoms with Gasteiger partial charge in [-0.25, -0.2) is 13.9 Å². The highest BCUT2D eigenvalue weighted by Gasteiger charge is 2.22. The number of carbonyl (C=O) groups excluding carboxylic acids is 1. The van der Waals surface area contributed by atoms with E-state index in [1.54, 1.807) is 17.0 Å². The molecule has 2 aromatic rings. The second kappa shape index (κ2) is 6.60. The molecule has 1 aromatic heterocycles. The first-order valence-corrected chi connectivity index (χ1v) is 8.01. The van der Waals surface area contributed by atoms with Gasteiger partial charge in [-0.2, -0.15) is 5.10 Å². The number of carbonyl (C=O) groups is 1. The molecule has 0 spiro atoms. The predicted octanol–water partition coefficient (Wildman–Crippen LogP) is 2.62. The minimum atomic E-state index is -0.491. The number of rotatable bonds is 2. The maximum absolute atomic E-state index is 14.4. The van der Waals surface area contributed by atoms with E-state index in [4.69, 9.17) is 0 Å². The summed E-state index contributed by atoms with van der Waals surface area (Å²) in [6.45, 7) is 4.60.